The number of nitrogens with one attached hydrogen (secondary N) is 2. The van der Waals surface area contributed by atoms with Crippen molar-refractivity contribution >= 4 is 651 Å². The summed E-state index contributed by atoms with van der Waals surface area (Å²) in [6.45, 7) is -13.5. The summed E-state index contributed by atoms with van der Waals surface area (Å²) in [7, 11) is -105. The van der Waals surface area contributed by atoms with Crippen molar-refractivity contribution in [2.24, 2.45) is 0 Å². The Kier molecular flexibility index (Phi) is 98.9. The van der Waals surface area contributed by atoms with Gasteiger partial charge in [0.15, 0.2) is 37.0 Å². The Morgan fingerprint density at radius 1 is 0.244 bits per heavy atom. The van der Waals surface area contributed by atoms with E-state index in [9.17, 15) is 217 Å². The molecule has 16 radical (unpaired) electrons. The van der Waals surface area contributed by atoms with Gasteiger partial charge in [0.2, 0.25) is 0 Å². The molecule has 18 atom stereocenters. The summed E-state index contributed by atoms with van der Waals surface area (Å²) in [5.74, 6) is -5.56. The van der Waals surface area contributed by atoms with E-state index in [1.165, 1.54) is 10.6 Å². The molecule has 2 heterocycles. The van der Waals surface area contributed by atoms with Gasteiger partial charge in [0.1, 0.15) is 73.2 Å². The van der Waals surface area contributed by atoms with Crippen molar-refractivity contribution in [1.82, 2.24) is 10.6 Å². The number of hydrogen-bond acceptors (Lipinski definition) is 54. The van der Waals surface area contributed by atoms with Crippen LogP contribution in [0.1, 0.15) is 6.42 Å². The molecule has 2 aliphatic rings. The number of rotatable bonds is 52. The number of carbonyl (C=O) groups is 2. The third-order valence-corrected chi connectivity index (χ3v) is 18.9. The average Bonchev–Trinajstić information content (AvgIpc) is 0.765. The van der Waals surface area contributed by atoms with Gasteiger partial charge in [0, 0.05) is 486 Å². The van der Waals surface area contributed by atoms with Crippen molar-refractivity contribution in [1.29, 1.82) is 0 Å². The van der Waals surface area contributed by atoms with Crippen LogP contribution in [0, 0.1) is 0 Å². The minimum Gasteiger partial charge on any atom is -0.354 e. The van der Waals surface area contributed by atoms with E-state index in [4.69, 9.17) is 18.9 Å². The summed E-state index contributed by atoms with van der Waals surface area (Å²) in [6.07, 6.45) is -72.6. The monoisotopic (exact) mass is 2400 g/mol. The molecule has 72 nitrogen and oxygen atoms in total. The molecule has 0 aromatic heterocycles. The van der Waals surface area contributed by atoms with Gasteiger partial charge < -0.3 is 29.6 Å². The number of carbonyl (C=O) groups excluding carboxylic acids is 2. The van der Waals surface area contributed by atoms with Crippen LogP contribution in [0.25, 0.3) is 0 Å². The molecule has 2 saturated heterocycles. The summed E-state index contributed by atoms with van der Waals surface area (Å²) < 4.78 is 628. The third kappa shape index (κ3) is 82.8. The summed E-state index contributed by atoms with van der Waals surface area (Å²) in [4.78, 5) is 28.4. The van der Waals surface area contributed by atoms with Gasteiger partial charge in [-0.2, -0.15) is 135 Å². The van der Waals surface area contributed by atoms with Crippen molar-refractivity contribution in [2.45, 2.75) is 117 Å². The average molecular weight is 2400 g/mol. The van der Waals surface area contributed by atoms with Crippen LogP contribution in [0.2, 0.25) is 0 Å². The van der Waals surface area contributed by atoms with Crippen LogP contribution in [-0.2, 0) is 262 Å². The standard InChI is InChI=1S/C27H50N2O70S16.16Na/c30-24(20(96-112(68,69)70)16(92-108(56,57)58)12(10(88-104(44,45)46)6-82-102(38,39)40)86-26-22(98-114(74,75)76)18(94-110(62,63)64)14(90-106(50,51)52)8(84-26)4-80-100(32,33)34)28-2-1-3-29-25(31)21(97-113(71,72)73)17(93-109(59,60)61)13(11(89-105(47,48)49)7-83-103(41,42)43)87-27-23(99-115(77,78)79)19(95-111(65,66)67)15(91-107(53,54)55)9(85-27)5-81-101(35,36)37;;;;;;;;;;;;;;;;/h8-23,26-27H,1-7H2,(H,28,30)(H,29,31)(H,32,33,34)(H,35,36,37)(H,38,39,40)(H,41,42,43)(H,44,45,46)(H,47,48,49)(H,50,51,52)(H,53,54,55)(H,56,57,58)(H,59,60,61)(H,62,63,64)(H,65,66,67)(H,68,69,70)(H,71,72,73)(H,74,75,76)(H,77,78,79);;;;;;;;;;;;;;;;/t8-,9-,10-,11-,12-,13-,14+,15+,16+,17+,18+,19+,20-,21-,22-,23-,26+,27+;;;;;;;;;;;;;;;;/m1................/s1. The maximum absolute atomic E-state index is 14.2. The van der Waals surface area contributed by atoms with Gasteiger partial charge in [0.05, 0.1) is 26.4 Å². The van der Waals surface area contributed by atoms with Gasteiger partial charge in [0.25, 0.3) is 11.8 Å². The summed E-state index contributed by atoms with van der Waals surface area (Å²) in [5.41, 5.74) is 0. The van der Waals surface area contributed by atoms with E-state index in [1.54, 1.807) is 0 Å². The molecular formula is C27H50N2Na16O70S16. The van der Waals surface area contributed by atoms with Crippen molar-refractivity contribution in [3.8, 4) is 0 Å². The number of hydrogen-bond donors (Lipinski definition) is 18. The van der Waals surface area contributed by atoms with Crippen LogP contribution in [0.15, 0.2) is 0 Å². The molecule has 0 unspecified atom stereocenters. The zero-order chi connectivity index (χ0) is 90.1. The fourth-order valence-electron chi connectivity index (χ4n) is 8.39. The summed E-state index contributed by atoms with van der Waals surface area (Å²) >= 11 is 0. The Morgan fingerprint density at radius 2 is 0.443 bits per heavy atom. The first-order valence-electron chi connectivity index (χ1n) is 26.3. The molecule has 2 fully saturated rings. The first-order chi connectivity index (χ1) is 50.8. The van der Waals surface area contributed by atoms with Gasteiger partial charge in [-0.05, 0) is 6.42 Å². The maximum atomic E-state index is 14.2. The first kappa shape index (κ1) is 177. The van der Waals surface area contributed by atoms with Gasteiger partial charge in [-0.15, -0.1) is 0 Å². The van der Waals surface area contributed by atoms with E-state index in [-0.39, 0.29) is 473 Å². The molecule has 2 amide bonds. The van der Waals surface area contributed by atoms with E-state index < -0.39 is 334 Å². The molecule has 700 valence electrons. The zero-order valence-electron chi connectivity index (χ0n) is 69.1. The van der Waals surface area contributed by atoms with Crippen molar-refractivity contribution in [2.75, 3.05) is 39.5 Å². The van der Waals surface area contributed by atoms with Crippen molar-refractivity contribution in [3.05, 3.63) is 0 Å². The zero-order valence-corrected chi connectivity index (χ0v) is 114. The van der Waals surface area contributed by atoms with E-state index in [2.05, 4.69) is 66.9 Å². The molecule has 2 aliphatic heterocycles. The van der Waals surface area contributed by atoms with E-state index >= 15 is 0 Å². The molecule has 18 N–H and O–H groups in total. The second-order valence-corrected chi connectivity index (χ2v) is 36.9. The second-order valence-electron chi connectivity index (χ2n) is 20.0. The van der Waals surface area contributed by atoms with Crippen LogP contribution in [-0.4, -0.2) is 842 Å². The Balaban J connectivity index is -0.000000647. The molecule has 0 aliphatic carbocycles. The summed E-state index contributed by atoms with van der Waals surface area (Å²) in [5, 5.41) is 2.57. The van der Waals surface area contributed by atoms with Gasteiger partial charge in [-0.1, -0.05) is 0 Å². The normalized spacial score (nSPS) is 21.3. The molecular weight excluding hydrogens is 2350 g/mol. The number of ether oxygens (including phenoxy) is 4. The second kappa shape index (κ2) is 73.3. The largest absolute Gasteiger partial charge is 0.398 e. The fourth-order valence-corrected chi connectivity index (χ4v) is 15.5. The fraction of sp³-hybridized carbons (Fsp3) is 0.926. The topological polar surface area (TPSA) is 1110 Å². The SMILES string of the molecule is O=C(NCCCNC(=O)[C@H](OS(=O)(=O)O)[C@@H](OS(=O)(=O)O)[C@H](O[C@@H]1O[C@H](COS(=O)(=O)O)[C@H](OS(=O)(=O)O)[C@H](OS(=O)(=O)O)[C@H]1OS(=O)(=O)O)[C@@H](COS(=O)(=O)O)OS(=O)(=O)O)[C@H](OS(=O)(=O)O)[C@@H](OS(=O)(=O)O)[C@H](O[C@@H]1O[C@H](COS(=O)(=O)O)[C@H](OS(=O)(=O)O)[C@H](OS(=O)(=O)O)[C@H]1OS(=O)(=O)O)[C@@H](COS(=O)(=O)O)OS(=O)(=O)O.[Na].[Na].[Na].[Na].[Na].[Na].[Na].[Na].[Na].[Na].[Na].[Na].[Na].[Na].[Na].[Na]. The molecule has 0 aromatic carbocycles. The first-order valence-corrected chi connectivity index (χ1v) is 48.1. The number of amides is 2. The van der Waals surface area contributed by atoms with Crippen molar-refractivity contribution in [3.63, 3.8) is 0 Å². The van der Waals surface area contributed by atoms with Crippen LogP contribution < -0.4 is 10.6 Å². The van der Waals surface area contributed by atoms with Gasteiger partial charge in [-0.25, -0.2) is 66.9 Å². The molecule has 0 aromatic rings. The smallest absolute Gasteiger partial charge is 0.354 e. The molecule has 0 spiro atoms. The third-order valence-electron chi connectivity index (χ3n) is 11.5. The quantitative estimate of drug-likeness (QED) is 0.0153. The molecule has 131 heavy (non-hydrogen) atoms. The van der Waals surface area contributed by atoms with Crippen LogP contribution in [0.3, 0.4) is 0 Å². The predicted octanol–water partition coefficient (Wildman–Crippen LogP) is -20.7. The molecule has 104 heteroatoms. The van der Waals surface area contributed by atoms with Crippen LogP contribution in [0.4, 0.5) is 0 Å². The van der Waals surface area contributed by atoms with E-state index in [1.807, 2.05) is 0 Å². The Hall–Kier alpha value is 12.7. The summed E-state index contributed by atoms with van der Waals surface area (Å²) in [6, 6.07) is 0. The van der Waals surface area contributed by atoms with E-state index in [0.717, 1.165) is 0 Å². The van der Waals surface area contributed by atoms with E-state index in [0.29, 0.717) is 0 Å². The molecule has 0 saturated carbocycles. The van der Waals surface area contributed by atoms with Crippen molar-refractivity contribution < 1.29 is 303 Å². The van der Waals surface area contributed by atoms with Crippen LogP contribution in [0.5, 0.6) is 0 Å². The minimum absolute atomic E-state index is 0. The minimum atomic E-state index is -6.97. The van der Waals surface area contributed by atoms with Gasteiger partial charge in [-0.3, -0.25) is 82.4 Å². The molecule has 2 rings (SSSR count). The van der Waals surface area contributed by atoms with Crippen LogP contribution >= 0.6 is 0 Å². The predicted molar refractivity (Wildman–Crippen MR) is 417 cm³/mol. The Morgan fingerprint density at radius 3 is 0.634 bits per heavy atom. The Labute approximate surface area is 1100 Å². The molecule has 0 bridgehead atoms. The van der Waals surface area contributed by atoms with Gasteiger partial charge >= 0.3 is 166 Å². The maximum Gasteiger partial charge on any atom is 0.398 e. The Bertz CT molecular complexity index is 5100.